The maximum absolute atomic E-state index is 12.2. The number of rotatable bonds is 6. The summed E-state index contributed by atoms with van der Waals surface area (Å²) in [5.41, 5.74) is 1.89. The van der Waals surface area contributed by atoms with Crippen molar-refractivity contribution in [1.82, 2.24) is 4.90 Å². The largest absolute Gasteiger partial charge is 0.497 e. The van der Waals surface area contributed by atoms with Gasteiger partial charge in [-0.05, 0) is 29.8 Å². The first-order chi connectivity index (χ1) is 11.1. The molecule has 1 amide bonds. The molecule has 2 aromatic carbocycles. The Balaban J connectivity index is 2.03. The van der Waals surface area contributed by atoms with E-state index in [2.05, 4.69) is 0 Å². The van der Waals surface area contributed by atoms with Crippen LogP contribution in [0.15, 0.2) is 54.6 Å². The molecule has 0 fully saturated rings. The Labute approximate surface area is 137 Å². The minimum absolute atomic E-state index is 0.0706. The molecule has 0 aliphatic heterocycles. The van der Waals surface area contributed by atoms with Crippen molar-refractivity contribution in [3.05, 3.63) is 65.7 Å². The molecule has 0 heterocycles. The van der Waals surface area contributed by atoms with Gasteiger partial charge in [0.1, 0.15) is 11.5 Å². The number of carbonyl (C=O) groups is 1. The Bertz CT molecular complexity index is 695. The van der Waals surface area contributed by atoms with E-state index in [-0.39, 0.29) is 5.91 Å². The number of carbonyl (C=O) groups excluding carboxylic acids is 1. The van der Waals surface area contributed by atoms with Gasteiger partial charge in [0.05, 0.1) is 14.2 Å². The highest BCUT2D eigenvalue weighted by molar-refractivity contribution is 5.91. The van der Waals surface area contributed by atoms with Crippen LogP contribution >= 0.6 is 0 Å². The average Bonchev–Trinajstić information content (AvgIpc) is 2.60. The third-order valence-corrected chi connectivity index (χ3v) is 3.49. The summed E-state index contributed by atoms with van der Waals surface area (Å²) in [4.78, 5) is 13.9. The number of benzene rings is 2. The Hall–Kier alpha value is -2.75. The fourth-order valence-electron chi connectivity index (χ4n) is 2.21. The maximum atomic E-state index is 12.2. The Morgan fingerprint density at radius 2 is 1.87 bits per heavy atom. The summed E-state index contributed by atoms with van der Waals surface area (Å²) in [5.74, 6) is 1.48. The van der Waals surface area contributed by atoms with Crippen LogP contribution in [0.5, 0.6) is 11.5 Å². The van der Waals surface area contributed by atoms with Gasteiger partial charge in [-0.15, -0.1) is 0 Å². The van der Waals surface area contributed by atoms with E-state index in [1.807, 2.05) is 48.5 Å². The Morgan fingerprint density at radius 3 is 2.61 bits per heavy atom. The molecule has 0 aliphatic rings. The molecule has 0 N–H and O–H groups in total. The van der Waals surface area contributed by atoms with Crippen molar-refractivity contribution in [2.24, 2.45) is 0 Å². The van der Waals surface area contributed by atoms with Gasteiger partial charge in [-0.25, -0.2) is 0 Å². The molecule has 0 spiro atoms. The summed E-state index contributed by atoms with van der Waals surface area (Å²) in [6.07, 6.45) is 3.34. The smallest absolute Gasteiger partial charge is 0.246 e. The van der Waals surface area contributed by atoms with E-state index in [1.165, 1.54) is 0 Å². The monoisotopic (exact) mass is 311 g/mol. The second kappa shape index (κ2) is 8.03. The number of methoxy groups -OCH3 is 2. The first-order valence-corrected chi connectivity index (χ1v) is 7.33. The summed E-state index contributed by atoms with van der Waals surface area (Å²) >= 11 is 0. The summed E-state index contributed by atoms with van der Waals surface area (Å²) in [6, 6.07) is 15.2. The van der Waals surface area contributed by atoms with E-state index in [0.29, 0.717) is 6.54 Å². The normalized spacial score (nSPS) is 10.6. The highest BCUT2D eigenvalue weighted by Crippen LogP contribution is 2.19. The van der Waals surface area contributed by atoms with Gasteiger partial charge < -0.3 is 14.4 Å². The van der Waals surface area contributed by atoms with Crippen LogP contribution in [0.2, 0.25) is 0 Å². The van der Waals surface area contributed by atoms with E-state index in [9.17, 15) is 4.79 Å². The third-order valence-electron chi connectivity index (χ3n) is 3.49. The first-order valence-electron chi connectivity index (χ1n) is 7.33. The van der Waals surface area contributed by atoms with Crippen LogP contribution in [0, 0.1) is 0 Å². The molecular formula is C19H21NO3. The van der Waals surface area contributed by atoms with Gasteiger partial charge in [0.25, 0.3) is 0 Å². The second-order valence-corrected chi connectivity index (χ2v) is 5.12. The second-order valence-electron chi connectivity index (χ2n) is 5.12. The van der Waals surface area contributed by atoms with E-state index in [4.69, 9.17) is 9.47 Å². The molecule has 120 valence electrons. The van der Waals surface area contributed by atoms with Crippen LogP contribution in [0.1, 0.15) is 11.1 Å². The minimum atomic E-state index is -0.0706. The molecule has 0 aliphatic carbocycles. The standard InChI is InChI=1S/C19H21NO3/c1-20(14-16-8-4-5-10-18(16)23-3)19(21)12-11-15-7-6-9-17(13-15)22-2/h4-13H,14H2,1-3H3/b12-11+. The number of hydrogen-bond donors (Lipinski definition) is 0. The van der Waals surface area contributed by atoms with Crippen molar-refractivity contribution in [2.45, 2.75) is 6.54 Å². The zero-order valence-corrected chi connectivity index (χ0v) is 13.7. The van der Waals surface area contributed by atoms with Gasteiger partial charge in [0.2, 0.25) is 5.91 Å². The summed E-state index contributed by atoms with van der Waals surface area (Å²) in [7, 11) is 5.02. The molecule has 0 unspecified atom stereocenters. The SMILES string of the molecule is COc1cccc(/C=C/C(=O)N(C)Cc2ccccc2OC)c1. The highest BCUT2D eigenvalue weighted by atomic mass is 16.5. The zero-order chi connectivity index (χ0) is 16.7. The number of likely N-dealkylation sites (N-methyl/N-ethyl adjacent to an activating group) is 1. The predicted octanol–water partition coefficient (Wildman–Crippen LogP) is 3.38. The number of amides is 1. The lowest BCUT2D eigenvalue weighted by Gasteiger charge is -2.17. The lowest BCUT2D eigenvalue weighted by molar-refractivity contribution is -0.125. The van der Waals surface area contributed by atoms with E-state index >= 15 is 0 Å². The van der Waals surface area contributed by atoms with E-state index in [1.54, 1.807) is 38.3 Å². The molecule has 0 aromatic heterocycles. The van der Waals surface area contributed by atoms with Gasteiger partial charge >= 0.3 is 0 Å². The van der Waals surface area contributed by atoms with E-state index in [0.717, 1.165) is 22.6 Å². The molecule has 23 heavy (non-hydrogen) atoms. The predicted molar refractivity (Wildman–Crippen MR) is 91.5 cm³/mol. The molecule has 4 nitrogen and oxygen atoms in total. The van der Waals surface area contributed by atoms with Crippen molar-refractivity contribution in [3.63, 3.8) is 0 Å². The topological polar surface area (TPSA) is 38.8 Å². The quantitative estimate of drug-likeness (QED) is 0.768. The number of hydrogen-bond acceptors (Lipinski definition) is 3. The van der Waals surface area contributed by atoms with Gasteiger partial charge in [0, 0.05) is 25.2 Å². The Morgan fingerprint density at radius 1 is 1.09 bits per heavy atom. The average molecular weight is 311 g/mol. The van der Waals surface area contributed by atoms with Crippen molar-refractivity contribution >= 4 is 12.0 Å². The van der Waals surface area contributed by atoms with Crippen LogP contribution in [-0.2, 0) is 11.3 Å². The number of para-hydroxylation sites is 1. The molecular weight excluding hydrogens is 290 g/mol. The number of nitrogens with zero attached hydrogens (tertiary/aromatic N) is 1. The summed E-state index contributed by atoms with van der Waals surface area (Å²) in [5, 5.41) is 0. The zero-order valence-electron chi connectivity index (χ0n) is 13.7. The fraction of sp³-hybridized carbons (Fsp3) is 0.211. The minimum Gasteiger partial charge on any atom is -0.497 e. The van der Waals surface area contributed by atoms with Gasteiger partial charge in [-0.2, -0.15) is 0 Å². The molecule has 0 saturated heterocycles. The molecule has 0 saturated carbocycles. The lowest BCUT2D eigenvalue weighted by Crippen LogP contribution is -2.24. The van der Waals surface area contributed by atoms with Gasteiger partial charge in [0.15, 0.2) is 0 Å². The lowest BCUT2D eigenvalue weighted by atomic mass is 10.1. The fourth-order valence-corrected chi connectivity index (χ4v) is 2.21. The van der Waals surface area contributed by atoms with Gasteiger partial charge in [-0.1, -0.05) is 30.3 Å². The molecule has 2 aromatic rings. The van der Waals surface area contributed by atoms with E-state index < -0.39 is 0 Å². The summed E-state index contributed by atoms with van der Waals surface area (Å²) in [6.45, 7) is 0.491. The van der Waals surface area contributed by atoms with Crippen LogP contribution in [-0.4, -0.2) is 32.1 Å². The van der Waals surface area contributed by atoms with Crippen molar-refractivity contribution in [3.8, 4) is 11.5 Å². The molecule has 0 radical (unpaired) electrons. The highest BCUT2D eigenvalue weighted by Gasteiger charge is 2.09. The van der Waals surface area contributed by atoms with Crippen LogP contribution in [0.4, 0.5) is 0 Å². The number of ether oxygens (including phenoxy) is 2. The first kappa shape index (κ1) is 16.6. The molecule has 0 bridgehead atoms. The van der Waals surface area contributed by atoms with Crippen LogP contribution < -0.4 is 9.47 Å². The molecule has 4 heteroatoms. The molecule has 0 atom stereocenters. The third kappa shape index (κ3) is 4.61. The van der Waals surface area contributed by atoms with Gasteiger partial charge in [-0.3, -0.25) is 4.79 Å². The van der Waals surface area contributed by atoms with Crippen molar-refractivity contribution < 1.29 is 14.3 Å². The molecule has 2 rings (SSSR count). The van der Waals surface area contributed by atoms with Crippen LogP contribution in [0.3, 0.4) is 0 Å². The maximum Gasteiger partial charge on any atom is 0.246 e. The van der Waals surface area contributed by atoms with Crippen LogP contribution in [0.25, 0.3) is 6.08 Å². The van der Waals surface area contributed by atoms with Crippen molar-refractivity contribution in [1.29, 1.82) is 0 Å². The van der Waals surface area contributed by atoms with Crippen molar-refractivity contribution in [2.75, 3.05) is 21.3 Å². The Kier molecular flexibility index (Phi) is 5.80. The summed E-state index contributed by atoms with van der Waals surface area (Å²) < 4.78 is 10.5.